The second-order valence-electron chi connectivity index (χ2n) is 17.9. The normalized spacial score (nSPS) is 15.4. The maximum atomic E-state index is 13.8. The van der Waals surface area contributed by atoms with Gasteiger partial charge in [0.2, 0.25) is 53.2 Å². The van der Waals surface area contributed by atoms with E-state index in [0.29, 0.717) is 6.42 Å². The van der Waals surface area contributed by atoms with Gasteiger partial charge in [0, 0.05) is 18.1 Å². The van der Waals surface area contributed by atoms with Crippen LogP contribution in [-0.2, 0) is 52.7 Å². The van der Waals surface area contributed by atoms with Crippen LogP contribution in [0.3, 0.4) is 0 Å². The number of aliphatic imine (C=N–C) groups is 1. The molecule has 71 heavy (non-hydrogen) atoms. The standard InChI is InChI=1S/C42H75N13O14S2/c1-18(2)12-23(43)34(61)51-25(13-19(3)4)36(63)47-22(8)33(60)50-26(14-30(57)58)37(64)48-21(7)32(59)49-24(10-9-11-46-42(44)45)35(62)55-31(20(5)6)40(67)53-28(16-70)39(66)52-27(15-56)38(65)54-29(17-71)41(68)69/h18-29,31,56,70-71H,9-17,43H2,1-8H3,(H,47,63)(H,48,64)(H,49,59)(H,50,60)(H,51,61)(H,52,66)(H,53,67)(H,54,65)(H,55,62)(H,57,58)(H,68,69)(H4,44,45,46)/t21-,22-,23-,24-,25-,26-,27-,28-,29-,31-/m0/s1. The number of nitrogens with one attached hydrogen (secondary N) is 9. The number of rotatable bonds is 33. The van der Waals surface area contributed by atoms with E-state index in [1.54, 1.807) is 13.8 Å². The van der Waals surface area contributed by atoms with Crippen molar-refractivity contribution in [2.45, 2.75) is 148 Å². The Bertz CT molecular complexity index is 1890. The van der Waals surface area contributed by atoms with E-state index in [0.717, 1.165) is 0 Å². The van der Waals surface area contributed by atoms with Crippen molar-refractivity contribution in [3.8, 4) is 0 Å². The molecule has 404 valence electrons. The number of carbonyl (C=O) groups excluding carboxylic acids is 9. The highest BCUT2D eigenvalue weighted by Crippen LogP contribution is 2.10. The van der Waals surface area contributed by atoms with Crippen molar-refractivity contribution in [2.75, 3.05) is 24.7 Å². The van der Waals surface area contributed by atoms with Crippen molar-refractivity contribution in [1.82, 2.24) is 47.9 Å². The number of nitrogens with two attached hydrogens (primary N) is 3. The van der Waals surface area contributed by atoms with Crippen LogP contribution < -0.4 is 65.1 Å². The van der Waals surface area contributed by atoms with Crippen LogP contribution in [0.25, 0.3) is 0 Å². The summed E-state index contributed by atoms with van der Waals surface area (Å²) in [6, 6.07) is -13.9. The number of hydrogen-bond donors (Lipinski definition) is 17. The van der Waals surface area contributed by atoms with Gasteiger partial charge in [0.15, 0.2) is 5.96 Å². The van der Waals surface area contributed by atoms with Crippen molar-refractivity contribution in [1.29, 1.82) is 0 Å². The zero-order chi connectivity index (χ0) is 54.9. The molecule has 0 rings (SSSR count). The first-order valence-corrected chi connectivity index (χ1v) is 24.1. The first-order chi connectivity index (χ1) is 33.0. The van der Waals surface area contributed by atoms with E-state index in [2.05, 4.69) is 78.1 Å². The first kappa shape index (κ1) is 65.1. The van der Waals surface area contributed by atoms with Crippen LogP contribution >= 0.6 is 25.3 Å². The summed E-state index contributed by atoms with van der Waals surface area (Å²) in [6.45, 7) is 12.0. The lowest BCUT2D eigenvalue weighted by Crippen LogP contribution is -2.61. The number of carboxylic acids is 2. The maximum Gasteiger partial charge on any atom is 0.327 e. The summed E-state index contributed by atoms with van der Waals surface area (Å²) in [5.41, 5.74) is 16.8. The zero-order valence-corrected chi connectivity index (χ0v) is 43.1. The van der Waals surface area contributed by atoms with E-state index in [1.807, 2.05) is 27.7 Å². The van der Waals surface area contributed by atoms with Crippen molar-refractivity contribution in [3.05, 3.63) is 0 Å². The number of hydrogen-bond acceptors (Lipinski definition) is 16. The molecule has 0 spiro atoms. The average Bonchev–Trinajstić information content (AvgIpc) is 3.27. The Morgan fingerprint density at radius 1 is 0.507 bits per heavy atom. The molecule has 29 heteroatoms. The summed E-state index contributed by atoms with van der Waals surface area (Å²) in [7, 11) is 0. The van der Waals surface area contributed by atoms with Gasteiger partial charge in [-0.25, -0.2) is 4.79 Å². The summed E-state index contributed by atoms with van der Waals surface area (Å²) < 4.78 is 0. The third-order valence-corrected chi connectivity index (χ3v) is 10.9. The van der Waals surface area contributed by atoms with Gasteiger partial charge in [0.1, 0.15) is 54.4 Å². The minimum Gasteiger partial charge on any atom is -0.481 e. The molecule has 0 aromatic carbocycles. The second-order valence-corrected chi connectivity index (χ2v) is 18.6. The molecular formula is C42H75N13O14S2. The minimum absolute atomic E-state index is 0.00546. The molecule has 0 saturated heterocycles. The van der Waals surface area contributed by atoms with Crippen LogP contribution in [0.15, 0.2) is 4.99 Å². The fraction of sp³-hybridized carbons (Fsp3) is 0.714. The Labute approximate surface area is 423 Å². The Hall–Kier alpha value is -5.94. The monoisotopic (exact) mass is 1050 g/mol. The van der Waals surface area contributed by atoms with Gasteiger partial charge in [0.05, 0.1) is 19.1 Å². The lowest BCUT2D eigenvalue weighted by atomic mass is 10.0. The molecule has 0 radical (unpaired) electrons. The maximum absolute atomic E-state index is 13.8. The summed E-state index contributed by atoms with van der Waals surface area (Å²) in [5.74, 6) is -12.8. The fourth-order valence-electron chi connectivity index (χ4n) is 6.27. The highest BCUT2D eigenvalue weighted by atomic mass is 32.1. The Kier molecular flexibility index (Phi) is 30.1. The van der Waals surface area contributed by atoms with Crippen molar-refractivity contribution >= 4 is 96.3 Å². The van der Waals surface area contributed by atoms with Gasteiger partial charge in [-0.15, -0.1) is 0 Å². The lowest BCUT2D eigenvalue weighted by Gasteiger charge is -2.28. The van der Waals surface area contributed by atoms with E-state index < -0.39 is 144 Å². The third-order valence-electron chi connectivity index (χ3n) is 10.2. The Morgan fingerprint density at radius 3 is 1.38 bits per heavy atom. The molecule has 10 atom stereocenters. The molecule has 0 fully saturated rings. The zero-order valence-electron chi connectivity index (χ0n) is 41.3. The van der Waals surface area contributed by atoms with Crippen LogP contribution in [0.1, 0.15) is 87.5 Å². The largest absolute Gasteiger partial charge is 0.481 e. The van der Waals surface area contributed by atoms with E-state index in [-0.39, 0.29) is 55.1 Å². The minimum atomic E-state index is -1.78. The van der Waals surface area contributed by atoms with Gasteiger partial charge >= 0.3 is 11.9 Å². The van der Waals surface area contributed by atoms with Crippen LogP contribution in [0.4, 0.5) is 0 Å². The Balaban J connectivity index is 6.18. The molecule has 0 aliphatic rings. The number of carboxylic acid groups (broad SMARTS) is 2. The quantitative estimate of drug-likeness (QED) is 0.0127. The van der Waals surface area contributed by atoms with Gasteiger partial charge in [-0.3, -0.25) is 52.9 Å². The van der Waals surface area contributed by atoms with Crippen molar-refractivity contribution < 1.29 is 68.1 Å². The molecule has 0 aliphatic carbocycles. The summed E-state index contributed by atoms with van der Waals surface area (Å²) >= 11 is 7.95. The van der Waals surface area contributed by atoms with Crippen molar-refractivity contribution in [2.24, 2.45) is 39.9 Å². The lowest BCUT2D eigenvalue weighted by molar-refractivity contribution is -0.142. The van der Waals surface area contributed by atoms with Gasteiger partial charge in [0.25, 0.3) is 0 Å². The van der Waals surface area contributed by atoms with Crippen LogP contribution in [-0.4, -0.2) is 171 Å². The molecule has 0 aromatic rings. The smallest absolute Gasteiger partial charge is 0.327 e. The average molecular weight is 1050 g/mol. The molecule has 0 aliphatic heterocycles. The molecular weight excluding hydrogens is 975 g/mol. The molecule has 27 nitrogen and oxygen atoms in total. The van der Waals surface area contributed by atoms with Gasteiger partial charge in [-0.1, -0.05) is 41.5 Å². The number of aliphatic carboxylic acids is 2. The predicted molar refractivity (Wildman–Crippen MR) is 265 cm³/mol. The van der Waals surface area contributed by atoms with Crippen molar-refractivity contribution in [3.63, 3.8) is 0 Å². The summed E-state index contributed by atoms with van der Waals surface area (Å²) in [6.07, 6.45) is -0.473. The van der Waals surface area contributed by atoms with Gasteiger partial charge in [-0.2, -0.15) is 25.3 Å². The van der Waals surface area contributed by atoms with E-state index in [4.69, 9.17) is 17.2 Å². The second kappa shape index (κ2) is 32.9. The SMILES string of the molecule is CC(C)C[C@H](NC(=O)[C@@H](N)CC(C)C)C(=O)N[C@@H](C)C(=O)N[C@@H](CC(=O)O)C(=O)N[C@@H](C)C(=O)N[C@@H](CCCN=C(N)N)C(=O)N[C@H](C(=O)N[C@@H](CS)C(=O)N[C@@H](CO)C(=O)N[C@@H](CS)C(=O)O)C(C)C. The molecule has 0 saturated carbocycles. The number of guanidine groups is 1. The van der Waals surface area contributed by atoms with Gasteiger partial charge < -0.3 is 80.4 Å². The fourth-order valence-corrected chi connectivity index (χ4v) is 6.78. The summed E-state index contributed by atoms with van der Waals surface area (Å²) in [5, 5.41) is 49.9. The number of aliphatic hydroxyl groups is 1. The molecule has 0 aromatic heterocycles. The third kappa shape index (κ3) is 25.1. The number of thiol groups is 2. The number of aliphatic hydroxyl groups excluding tert-OH is 1. The van der Waals surface area contributed by atoms with Crippen LogP contribution in [0, 0.1) is 17.8 Å². The van der Waals surface area contributed by atoms with Gasteiger partial charge in [-0.05, 0) is 57.3 Å². The number of carbonyl (C=O) groups is 11. The van der Waals surface area contributed by atoms with E-state index >= 15 is 0 Å². The first-order valence-electron chi connectivity index (χ1n) is 22.8. The van der Waals surface area contributed by atoms with Crippen LogP contribution in [0.2, 0.25) is 0 Å². The highest BCUT2D eigenvalue weighted by molar-refractivity contribution is 7.80. The van der Waals surface area contributed by atoms with E-state index in [9.17, 15) is 68.1 Å². The topological polar surface area (TPSA) is 447 Å². The molecule has 9 amide bonds. The molecule has 0 bridgehead atoms. The Morgan fingerprint density at radius 2 is 0.930 bits per heavy atom. The van der Waals surface area contributed by atoms with E-state index in [1.165, 1.54) is 13.8 Å². The number of nitrogens with zero attached hydrogens (tertiary/aromatic N) is 1. The summed E-state index contributed by atoms with van der Waals surface area (Å²) in [4.78, 5) is 146. The predicted octanol–water partition coefficient (Wildman–Crippen LogP) is -5.07. The number of amides is 9. The molecule has 18 N–H and O–H groups in total. The molecule has 0 unspecified atom stereocenters. The molecule has 0 heterocycles. The van der Waals surface area contributed by atoms with Crippen LogP contribution in [0.5, 0.6) is 0 Å². The highest BCUT2D eigenvalue weighted by Gasteiger charge is 2.35.